The minimum Gasteiger partial charge on any atom is -0.308 e. The number of aryl methyl sites for hydroxylation is 1. The zero-order valence-electron chi connectivity index (χ0n) is 12.3. The monoisotopic (exact) mass is 257 g/mol. The van der Waals surface area contributed by atoms with Crippen LogP contribution in [0.4, 0.5) is 0 Å². The number of nitrogens with one attached hydrogen (secondary N) is 1. The Morgan fingerprint density at radius 1 is 1.16 bits per heavy atom. The van der Waals surface area contributed by atoms with Crippen molar-refractivity contribution in [1.29, 1.82) is 0 Å². The first kappa shape index (κ1) is 13.8. The molecule has 0 saturated carbocycles. The average Bonchev–Trinajstić information content (AvgIpc) is 2.71. The Kier molecular flexibility index (Phi) is 4.38. The fourth-order valence-corrected chi connectivity index (χ4v) is 2.08. The Morgan fingerprint density at radius 3 is 2.37 bits per heavy atom. The quantitative estimate of drug-likeness (QED) is 0.891. The van der Waals surface area contributed by atoms with Crippen LogP contribution in [0.25, 0.3) is 0 Å². The fourth-order valence-electron chi connectivity index (χ4n) is 2.08. The van der Waals surface area contributed by atoms with E-state index in [0.717, 1.165) is 13.1 Å². The number of hydrogen-bond donors (Lipinski definition) is 1. The highest BCUT2D eigenvalue weighted by molar-refractivity contribution is 5.24. The molecular formula is C16H23N3. The molecule has 1 N–H and O–H groups in total. The molecule has 0 aliphatic rings. The van der Waals surface area contributed by atoms with Crippen LogP contribution in [0.5, 0.6) is 0 Å². The molecule has 0 amide bonds. The van der Waals surface area contributed by atoms with Gasteiger partial charge >= 0.3 is 0 Å². The second-order valence-corrected chi connectivity index (χ2v) is 5.38. The van der Waals surface area contributed by atoms with Crippen molar-refractivity contribution in [3.05, 3.63) is 52.8 Å². The zero-order valence-corrected chi connectivity index (χ0v) is 12.3. The number of hydrogen-bond acceptors (Lipinski definition) is 2. The first-order valence-corrected chi connectivity index (χ1v) is 6.85. The highest BCUT2D eigenvalue weighted by Crippen LogP contribution is 2.14. The molecule has 0 saturated heterocycles. The number of benzene rings is 1. The molecule has 3 heteroatoms. The Hall–Kier alpha value is -1.61. The van der Waals surface area contributed by atoms with Gasteiger partial charge < -0.3 is 5.32 Å². The summed E-state index contributed by atoms with van der Waals surface area (Å²) >= 11 is 0. The van der Waals surface area contributed by atoms with Gasteiger partial charge in [-0.05, 0) is 24.0 Å². The van der Waals surface area contributed by atoms with E-state index in [1.807, 2.05) is 17.9 Å². The molecule has 1 heterocycles. The van der Waals surface area contributed by atoms with Crippen LogP contribution in [-0.4, -0.2) is 9.78 Å². The molecule has 2 rings (SSSR count). The lowest BCUT2D eigenvalue weighted by Gasteiger charge is -2.08. The molecule has 1 aromatic carbocycles. The van der Waals surface area contributed by atoms with Crippen molar-refractivity contribution in [2.24, 2.45) is 7.05 Å². The summed E-state index contributed by atoms with van der Waals surface area (Å²) in [5.41, 5.74) is 5.21. The molecule has 3 nitrogen and oxygen atoms in total. The maximum absolute atomic E-state index is 4.25. The zero-order chi connectivity index (χ0) is 13.8. The van der Waals surface area contributed by atoms with Crippen molar-refractivity contribution < 1.29 is 0 Å². The molecule has 0 spiro atoms. The summed E-state index contributed by atoms with van der Waals surface area (Å²) in [6, 6.07) is 8.85. The second-order valence-electron chi connectivity index (χ2n) is 5.38. The third-order valence-electron chi connectivity index (χ3n) is 3.63. The molecule has 2 aromatic rings. The molecule has 0 atom stereocenters. The van der Waals surface area contributed by atoms with Crippen LogP contribution in [0.2, 0.25) is 0 Å². The van der Waals surface area contributed by atoms with E-state index >= 15 is 0 Å². The minimum atomic E-state index is 0.597. The van der Waals surface area contributed by atoms with Gasteiger partial charge in [-0.15, -0.1) is 0 Å². The van der Waals surface area contributed by atoms with E-state index in [9.17, 15) is 0 Å². The van der Waals surface area contributed by atoms with Crippen molar-refractivity contribution in [2.75, 3.05) is 0 Å². The van der Waals surface area contributed by atoms with Crippen LogP contribution in [0.1, 0.15) is 42.1 Å². The third kappa shape index (κ3) is 3.44. The fraction of sp³-hybridized carbons (Fsp3) is 0.438. The predicted molar refractivity (Wildman–Crippen MR) is 79.0 cm³/mol. The van der Waals surface area contributed by atoms with Crippen molar-refractivity contribution >= 4 is 0 Å². The van der Waals surface area contributed by atoms with E-state index in [4.69, 9.17) is 0 Å². The normalized spacial score (nSPS) is 11.2. The van der Waals surface area contributed by atoms with Gasteiger partial charge in [-0.25, -0.2) is 0 Å². The van der Waals surface area contributed by atoms with Crippen LogP contribution in [0, 0.1) is 6.92 Å². The van der Waals surface area contributed by atoms with Gasteiger partial charge in [-0.1, -0.05) is 38.1 Å². The van der Waals surface area contributed by atoms with Gasteiger partial charge in [0.25, 0.3) is 0 Å². The maximum atomic E-state index is 4.25. The highest BCUT2D eigenvalue weighted by atomic mass is 15.3. The molecule has 0 radical (unpaired) electrons. The lowest BCUT2D eigenvalue weighted by atomic mass is 10.0. The Bertz CT molecular complexity index is 523. The average molecular weight is 257 g/mol. The van der Waals surface area contributed by atoms with Crippen LogP contribution >= 0.6 is 0 Å². The summed E-state index contributed by atoms with van der Waals surface area (Å²) in [6.07, 6.45) is 1.93. The van der Waals surface area contributed by atoms with Gasteiger partial charge in [-0.2, -0.15) is 5.10 Å². The number of rotatable bonds is 5. The third-order valence-corrected chi connectivity index (χ3v) is 3.63. The summed E-state index contributed by atoms with van der Waals surface area (Å²) in [7, 11) is 1.98. The van der Waals surface area contributed by atoms with E-state index < -0.39 is 0 Å². The number of nitrogens with zero attached hydrogens (tertiary/aromatic N) is 2. The standard InChI is InChI=1S/C16H23N3/c1-12(2)15-7-5-14(6-8-15)9-17-10-16-11-18-19(4)13(16)3/h5-8,11-12,17H,9-10H2,1-4H3. The van der Waals surface area contributed by atoms with E-state index in [0.29, 0.717) is 5.92 Å². The van der Waals surface area contributed by atoms with Gasteiger partial charge in [0, 0.05) is 31.4 Å². The van der Waals surface area contributed by atoms with Crippen LogP contribution in [0.15, 0.2) is 30.5 Å². The van der Waals surface area contributed by atoms with E-state index in [1.54, 1.807) is 0 Å². The summed E-state index contributed by atoms with van der Waals surface area (Å²) in [6.45, 7) is 8.30. The van der Waals surface area contributed by atoms with Gasteiger partial charge in [0.05, 0.1) is 6.20 Å². The van der Waals surface area contributed by atoms with Crippen molar-refractivity contribution in [3.8, 4) is 0 Å². The van der Waals surface area contributed by atoms with Gasteiger partial charge in [0.2, 0.25) is 0 Å². The first-order valence-electron chi connectivity index (χ1n) is 6.85. The van der Waals surface area contributed by atoms with E-state index in [-0.39, 0.29) is 0 Å². The van der Waals surface area contributed by atoms with Crippen molar-refractivity contribution in [3.63, 3.8) is 0 Å². The summed E-state index contributed by atoms with van der Waals surface area (Å²) in [5, 5.41) is 7.72. The lowest BCUT2D eigenvalue weighted by molar-refractivity contribution is 0.684. The van der Waals surface area contributed by atoms with Crippen molar-refractivity contribution in [2.45, 2.75) is 39.8 Å². The predicted octanol–water partition coefficient (Wildman–Crippen LogP) is 3.14. The van der Waals surface area contributed by atoms with Gasteiger partial charge in [-0.3, -0.25) is 4.68 Å². The molecule has 0 fully saturated rings. The van der Waals surface area contributed by atoms with Gasteiger partial charge in [0.1, 0.15) is 0 Å². The Morgan fingerprint density at radius 2 is 1.84 bits per heavy atom. The van der Waals surface area contributed by atoms with E-state index in [1.165, 1.54) is 22.4 Å². The number of aromatic nitrogens is 2. The second kappa shape index (κ2) is 6.02. The van der Waals surface area contributed by atoms with Gasteiger partial charge in [0.15, 0.2) is 0 Å². The molecule has 19 heavy (non-hydrogen) atoms. The molecule has 0 unspecified atom stereocenters. The molecule has 0 bridgehead atoms. The lowest BCUT2D eigenvalue weighted by Crippen LogP contribution is -2.13. The van der Waals surface area contributed by atoms with Crippen LogP contribution in [-0.2, 0) is 20.1 Å². The van der Waals surface area contributed by atoms with Crippen LogP contribution < -0.4 is 5.32 Å². The molecule has 102 valence electrons. The topological polar surface area (TPSA) is 29.9 Å². The molecule has 0 aliphatic carbocycles. The first-order chi connectivity index (χ1) is 9.08. The molecular weight excluding hydrogens is 234 g/mol. The SMILES string of the molecule is Cc1c(CNCc2ccc(C(C)C)cc2)cnn1C. The maximum Gasteiger partial charge on any atom is 0.0537 e. The minimum absolute atomic E-state index is 0.597. The van der Waals surface area contributed by atoms with Crippen LogP contribution in [0.3, 0.4) is 0 Å². The molecule has 0 aliphatic heterocycles. The Balaban J connectivity index is 1.87. The summed E-state index contributed by atoms with van der Waals surface area (Å²) in [5.74, 6) is 0.597. The Labute approximate surface area is 115 Å². The smallest absolute Gasteiger partial charge is 0.0537 e. The summed E-state index contributed by atoms with van der Waals surface area (Å²) in [4.78, 5) is 0. The summed E-state index contributed by atoms with van der Waals surface area (Å²) < 4.78 is 1.91. The largest absolute Gasteiger partial charge is 0.308 e. The molecule has 1 aromatic heterocycles. The van der Waals surface area contributed by atoms with E-state index in [2.05, 4.69) is 55.5 Å². The highest BCUT2D eigenvalue weighted by Gasteiger charge is 2.03. The van der Waals surface area contributed by atoms with Crippen molar-refractivity contribution in [1.82, 2.24) is 15.1 Å².